The third kappa shape index (κ3) is 2.95. The van der Waals surface area contributed by atoms with Crippen molar-refractivity contribution in [3.8, 4) is 0 Å². The monoisotopic (exact) mass is 291 g/mol. The van der Waals surface area contributed by atoms with Crippen LogP contribution in [0.25, 0.3) is 0 Å². The largest absolute Gasteiger partial charge is 0.443 e. The van der Waals surface area contributed by atoms with E-state index in [2.05, 4.69) is 10.1 Å². The predicted octanol–water partition coefficient (Wildman–Crippen LogP) is 3.02. The van der Waals surface area contributed by atoms with Crippen molar-refractivity contribution in [3.05, 3.63) is 34.0 Å². The van der Waals surface area contributed by atoms with E-state index in [1.807, 2.05) is 13.8 Å². The lowest BCUT2D eigenvalue weighted by Gasteiger charge is -2.06. The first-order valence-electron chi connectivity index (χ1n) is 5.54. The van der Waals surface area contributed by atoms with E-state index in [0.717, 1.165) is 6.20 Å². The third-order valence-electron chi connectivity index (χ3n) is 2.50. The second-order valence-electron chi connectivity index (χ2n) is 4.32. The highest BCUT2D eigenvalue weighted by molar-refractivity contribution is 7.11. The lowest BCUT2D eigenvalue weighted by Crippen LogP contribution is -2.03. The molecule has 0 fully saturated rings. The van der Waals surface area contributed by atoms with E-state index in [9.17, 15) is 18.3 Å². The van der Waals surface area contributed by atoms with Crippen LogP contribution < -0.4 is 0 Å². The van der Waals surface area contributed by atoms with Gasteiger partial charge >= 0.3 is 6.18 Å². The van der Waals surface area contributed by atoms with Crippen molar-refractivity contribution in [2.75, 3.05) is 0 Å². The smallest absolute Gasteiger partial charge is 0.383 e. The minimum atomic E-state index is -4.48. The molecule has 1 atom stereocenters. The van der Waals surface area contributed by atoms with Crippen LogP contribution in [0.1, 0.15) is 41.4 Å². The van der Waals surface area contributed by atoms with Gasteiger partial charge in [0.05, 0.1) is 11.1 Å². The Balaban J connectivity index is 2.23. The molecule has 0 spiro atoms. The van der Waals surface area contributed by atoms with Gasteiger partial charge in [-0.15, -0.1) is 11.3 Å². The van der Waals surface area contributed by atoms with Gasteiger partial charge in [-0.25, -0.2) is 4.98 Å². The maximum absolute atomic E-state index is 12.4. The van der Waals surface area contributed by atoms with E-state index in [1.54, 1.807) is 10.9 Å². The molecule has 0 bridgehead atoms. The van der Waals surface area contributed by atoms with Gasteiger partial charge in [-0.2, -0.15) is 18.3 Å². The first kappa shape index (κ1) is 14.0. The molecule has 0 aliphatic rings. The summed E-state index contributed by atoms with van der Waals surface area (Å²) in [4.78, 5) is 3.43. The molecule has 0 aromatic carbocycles. The van der Waals surface area contributed by atoms with E-state index < -0.39 is 17.3 Å². The molecule has 4 nitrogen and oxygen atoms in total. The van der Waals surface area contributed by atoms with Crippen LogP contribution in [-0.4, -0.2) is 19.9 Å². The zero-order chi connectivity index (χ0) is 14.2. The van der Waals surface area contributed by atoms with Gasteiger partial charge in [0.1, 0.15) is 6.10 Å². The van der Waals surface area contributed by atoms with Crippen molar-refractivity contribution in [2.45, 2.75) is 32.2 Å². The summed E-state index contributed by atoms with van der Waals surface area (Å²) in [6, 6.07) is 0.119. The molecule has 1 N–H and O–H groups in total. The zero-order valence-electron chi connectivity index (χ0n) is 10.2. The molecule has 0 radical (unpaired) electrons. The number of hydrogen-bond acceptors (Lipinski definition) is 4. The van der Waals surface area contributed by atoms with Crippen molar-refractivity contribution < 1.29 is 18.3 Å². The molecule has 2 aromatic heterocycles. The number of aliphatic hydroxyl groups is 1. The van der Waals surface area contributed by atoms with Crippen molar-refractivity contribution >= 4 is 11.3 Å². The molecule has 0 saturated carbocycles. The van der Waals surface area contributed by atoms with E-state index in [0.29, 0.717) is 16.9 Å². The Kier molecular flexibility index (Phi) is 3.64. The van der Waals surface area contributed by atoms with E-state index in [-0.39, 0.29) is 10.9 Å². The maximum atomic E-state index is 12.4. The van der Waals surface area contributed by atoms with E-state index in [4.69, 9.17) is 0 Å². The van der Waals surface area contributed by atoms with Gasteiger partial charge in [0.2, 0.25) is 0 Å². The SMILES string of the molecule is CC(C)n1cc(C(O)c2cnc(C(F)(F)F)s2)cn1. The lowest BCUT2D eigenvalue weighted by molar-refractivity contribution is -0.137. The van der Waals surface area contributed by atoms with Gasteiger partial charge < -0.3 is 5.11 Å². The number of aliphatic hydroxyl groups excluding tert-OH is 1. The summed E-state index contributed by atoms with van der Waals surface area (Å²) in [7, 11) is 0. The minimum Gasteiger partial charge on any atom is -0.383 e. The summed E-state index contributed by atoms with van der Waals surface area (Å²) in [5.41, 5.74) is 0.450. The fourth-order valence-electron chi connectivity index (χ4n) is 1.48. The predicted molar refractivity (Wildman–Crippen MR) is 63.8 cm³/mol. The summed E-state index contributed by atoms with van der Waals surface area (Å²) in [5, 5.41) is 13.1. The summed E-state index contributed by atoms with van der Waals surface area (Å²) in [5.74, 6) is 0. The standard InChI is InChI=1S/C11H12F3N3OS/c1-6(2)17-5-7(3-16-17)9(18)8-4-15-10(19-8)11(12,13)14/h3-6,9,18H,1-2H3. The normalized spacial score (nSPS) is 14.1. The molecule has 19 heavy (non-hydrogen) atoms. The van der Waals surface area contributed by atoms with Crippen LogP contribution in [0.3, 0.4) is 0 Å². The molecule has 2 heterocycles. The second-order valence-corrected chi connectivity index (χ2v) is 5.38. The van der Waals surface area contributed by atoms with Gasteiger partial charge in [0.25, 0.3) is 0 Å². The van der Waals surface area contributed by atoms with Crippen LogP contribution in [0.5, 0.6) is 0 Å². The van der Waals surface area contributed by atoms with Crippen LogP contribution in [0.4, 0.5) is 13.2 Å². The van der Waals surface area contributed by atoms with Gasteiger partial charge in [-0.1, -0.05) is 0 Å². The fraction of sp³-hybridized carbons (Fsp3) is 0.455. The highest BCUT2D eigenvalue weighted by Gasteiger charge is 2.35. The van der Waals surface area contributed by atoms with Crippen molar-refractivity contribution in [1.29, 1.82) is 0 Å². The molecule has 0 aliphatic carbocycles. The molecule has 104 valence electrons. The molecular weight excluding hydrogens is 279 g/mol. The summed E-state index contributed by atoms with van der Waals surface area (Å²) < 4.78 is 38.9. The number of nitrogens with zero attached hydrogens (tertiary/aromatic N) is 3. The number of hydrogen-bond donors (Lipinski definition) is 1. The Morgan fingerprint density at radius 3 is 2.47 bits per heavy atom. The summed E-state index contributed by atoms with van der Waals surface area (Å²) in [6.45, 7) is 3.83. The third-order valence-corrected chi connectivity index (χ3v) is 3.60. The number of aromatic nitrogens is 3. The molecule has 0 amide bonds. The van der Waals surface area contributed by atoms with E-state index in [1.165, 1.54) is 6.20 Å². The molecule has 2 rings (SSSR count). The Morgan fingerprint density at radius 1 is 1.32 bits per heavy atom. The molecule has 0 saturated heterocycles. The van der Waals surface area contributed by atoms with Crippen molar-refractivity contribution in [3.63, 3.8) is 0 Å². The summed E-state index contributed by atoms with van der Waals surface area (Å²) >= 11 is 0.437. The highest BCUT2D eigenvalue weighted by atomic mass is 32.1. The first-order chi connectivity index (χ1) is 8.79. The van der Waals surface area contributed by atoms with E-state index >= 15 is 0 Å². The average molecular weight is 291 g/mol. The van der Waals surface area contributed by atoms with Gasteiger partial charge in [-0.3, -0.25) is 4.68 Å². The average Bonchev–Trinajstić information content (AvgIpc) is 2.97. The molecule has 1 unspecified atom stereocenters. The molecule has 0 aliphatic heterocycles. The number of rotatable bonds is 3. The molecule has 2 aromatic rings. The minimum absolute atomic E-state index is 0.119. The van der Waals surface area contributed by atoms with Gasteiger partial charge in [0.15, 0.2) is 5.01 Å². The second kappa shape index (κ2) is 4.93. The molecule has 8 heteroatoms. The Bertz CT molecular complexity index is 562. The van der Waals surface area contributed by atoms with Crippen LogP contribution in [-0.2, 0) is 6.18 Å². The zero-order valence-corrected chi connectivity index (χ0v) is 11.0. The Labute approximate surface area is 111 Å². The number of thiazole rings is 1. The van der Waals surface area contributed by atoms with Crippen LogP contribution in [0, 0.1) is 0 Å². The topological polar surface area (TPSA) is 50.9 Å². The fourth-order valence-corrected chi connectivity index (χ4v) is 2.28. The summed E-state index contributed by atoms with van der Waals surface area (Å²) in [6.07, 6.45) is -1.52. The van der Waals surface area contributed by atoms with Gasteiger partial charge in [0, 0.05) is 24.0 Å². The van der Waals surface area contributed by atoms with Crippen molar-refractivity contribution in [1.82, 2.24) is 14.8 Å². The highest BCUT2D eigenvalue weighted by Crippen LogP contribution is 2.35. The Hall–Kier alpha value is -1.41. The molecular formula is C11H12F3N3OS. The number of alkyl halides is 3. The first-order valence-corrected chi connectivity index (χ1v) is 6.35. The van der Waals surface area contributed by atoms with Crippen LogP contribution in [0.15, 0.2) is 18.6 Å². The van der Waals surface area contributed by atoms with Crippen LogP contribution >= 0.6 is 11.3 Å². The maximum Gasteiger partial charge on any atom is 0.443 e. The quantitative estimate of drug-likeness (QED) is 0.945. The van der Waals surface area contributed by atoms with Crippen molar-refractivity contribution in [2.24, 2.45) is 0 Å². The van der Waals surface area contributed by atoms with Gasteiger partial charge in [-0.05, 0) is 13.8 Å². The Morgan fingerprint density at radius 2 is 2.00 bits per heavy atom. The van der Waals surface area contributed by atoms with Crippen LogP contribution in [0.2, 0.25) is 0 Å². The lowest BCUT2D eigenvalue weighted by atomic mass is 10.2. The number of halogens is 3.